The molecule has 0 saturated carbocycles. The molecule has 1 fully saturated rings. The summed E-state index contributed by atoms with van der Waals surface area (Å²) < 4.78 is 10.6. The lowest BCUT2D eigenvalue weighted by atomic mass is 10.1. The minimum absolute atomic E-state index is 0.0505. The van der Waals surface area contributed by atoms with Crippen LogP contribution in [0.2, 0.25) is 0 Å². The van der Waals surface area contributed by atoms with E-state index >= 15 is 0 Å². The zero-order valence-electron chi connectivity index (χ0n) is 17.2. The maximum absolute atomic E-state index is 12.3. The van der Waals surface area contributed by atoms with Gasteiger partial charge in [-0.25, -0.2) is 0 Å². The van der Waals surface area contributed by atoms with Gasteiger partial charge in [0.15, 0.2) is 6.10 Å². The first-order valence-corrected chi connectivity index (χ1v) is 10.1. The van der Waals surface area contributed by atoms with E-state index in [9.17, 15) is 14.4 Å². The molecule has 7 heteroatoms. The summed E-state index contributed by atoms with van der Waals surface area (Å²) >= 11 is 0. The zero-order chi connectivity index (χ0) is 21.5. The van der Waals surface area contributed by atoms with E-state index in [-0.39, 0.29) is 12.3 Å². The average molecular weight is 410 g/mol. The Labute approximate surface area is 176 Å². The molecule has 0 aromatic heterocycles. The Kier molecular flexibility index (Phi) is 7.06. The summed E-state index contributed by atoms with van der Waals surface area (Å²) in [4.78, 5) is 38.0. The lowest BCUT2D eigenvalue weighted by Crippen LogP contribution is -2.30. The number of hydrogen-bond acceptors (Lipinski definition) is 5. The van der Waals surface area contributed by atoms with Crippen LogP contribution in [-0.4, -0.2) is 37.0 Å². The molecule has 2 aromatic rings. The van der Waals surface area contributed by atoms with Gasteiger partial charge in [-0.1, -0.05) is 12.1 Å². The van der Waals surface area contributed by atoms with Crippen LogP contribution in [0.15, 0.2) is 48.5 Å². The molecule has 1 heterocycles. The summed E-state index contributed by atoms with van der Waals surface area (Å²) in [5, 5.41) is 2.71. The van der Waals surface area contributed by atoms with Crippen LogP contribution in [0.5, 0.6) is 5.75 Å². The van der Waals surface area contributed by atoms with Gasteiger partial charge in [-0.3, -0.25) is 14.4 Å². The first-order valence-electron chi connectivity index (χ1n) is 10.1. The largest absolute Gasteiger partial charge is 0.494 e. The van der Waals surface area contributed by atoms with Crippen molar-refractivity contribution in [1.82, 2.24) is 0 Å². The third-order valence-corrected chi connectivity index (χ3v) is 4.78. The maximum atomic E-state index is 12.3. The van der Waals surface area contributed by atoms with Crippen molar-refractivity contribution in [3.63, 3.8) is 0 Å². The molecule has 1 saturated heterocycles. The lowest BCUT2D eigenvalue weighted by molar-refractivity contribution is -0.152. The fraction of sp³-hybridized carbons (Fsp3) is 0.348. The SMILES string of the molecule is CCOc1ccc(NC(=O)C(C)OC(=O)Cc2ccc(N3CCCC3=O)cc2)cc1. The Hall–Kier alpha value is -3.35. The van der Waals surface area contributed by atoms with Gasteiger partial charge in [-0.15, -0.1) is 0 Å². The van der Waals surface area contributed by atoms with E-state index in [1.807, 2.05) is 19.1 Å². The number of carbonyl (C=O) groups is 3. The van der Waals surface area contributed by atoms with Crippen molar-refractivity contribution in [3.8, 4) is 5.75 Å². The Morgan fingerprint density at radius 3 is 2.40 bits per heavy atom. The molecule has 2 amide bonds. The number of nitrogens with zero attached hydrogens (tertiary/aromatic N) is 1. The first-order chi connectivity index (χ1) is 14.5. The van der Waals surface area contributed by atoms with E-state index in [2.05, 4.69) is 5.32 Å². The molecule has 7 nitrogen and oxygen atoms in total. The fourth-order valence-electron chi connectivity index (χ4n) is 3.22. The predicted octanol–water partition coefficient (Wildman–Crippen LogP) is 3.33. The van der Waals surface area contributed by atoms with Crippen molar-refractivity contribution in [2.24, 2.45) is 0 Å². The molecule has 1 aliphatic heterocycles. The van der Waals surface area contributed by atoms with Crippen LogP contribution in [0.4, 0.5) is 11.4 Å². The molecule has 0 spiro atoms. The van der Waals surface area contributed by atoms with Gasteiger partial charge in [-0.2, -0.15) is 0 Å². The van der Waals surface area contributed by atoms with Crippen molar-refractivity contribution >= 4 is 29.2 Å². The average Bonchev–Trinajstić information content (AvgIpc) is 3.16. The quantitative estimate of drug-likeness (QED) is 0.675. The number of carbonyl (C=O) groups excluding carboxylic acids is 3. The van der Waals surface area contributed by atoms with Crippen LogP contribution in [-0.2, 0) is 25.5 Å². The number of amides is 2. The summed E-state index contributed by atoms with van der Waals surface area (Å²) in [6.07, 6.45) is 0.564. The van der Waals surface area contributed by atoms with Gasteiger partial charge in [0, 0.05) is 24.3 Å². The molecule has 2 aromatic carbocycles. The topological polar surface area (TPSA) is 84.9 Å². The summed E-state index contributed by atoms with van der Waals surface area (Å²) in [6.45, 7) is 4.72. The lowest BCUT2D eigenvalue weighted by Gasteiger charge is -2.16. The van der Waals surface area contributed by atoms with Gasteiger partial charge < -0.3 is 19.7 Å². The fourth-order valence-corrected chi connectivity index (χ4v) is 3.22. The summed E-state index contributed by atoms with van der Waals surface area (Å²) in [5.41, 5.74) is 2.19. The monoisotopic (exact) mass is 410 g/mol. The van der Waals surface area contributed by atoms with Crippen LogP contribution < -0.4 is 15.0 Å². The van der Waals surface area contributed by atoms with E-state index in [0.29, 0.717) is 18.7 Å². The van der Waals surface area contributed by atoms with Crippen LogP contribution >= 0.6 is 0 Å². The molecule has 1 N–H and O–H groups in total. The second-order valence-corrected chi connectivity index (χ2v) is 7.07. The Morgan fingerprint density at radius 1 is 1.10 bits per heavy atom. The number of nitrogens with one attached hydrogen (secondary N) is 1. The van der Waals surface area contributed by atoms with E-state index in [0.717, 1.165) is 30.0 Å². The van der Waals surface area contributed by atoms with Gasteiger partial charge in [0.2, 0.25) is 5.91 Å². The zero-order valence-corrected chi connectivity index (χ0v) is 17.2. The first kappa shape index (κ1) is 21.4. The number of benzene rings is 2. The normalized spacial score (nSPS) is 14.3. The minimum Gasteiger partial charge on any atom is -0.494 e. The second kappa shape index (κ2) is 9.91. The van der Waals surface area contributed by atoms with Crippen molar-refractivity contribution in [2.45, 2.75) is 39.2 Å². The van der Waals surface area contributed by atoms with E-state index < -0.39 is 18.0 Å². The number of hydrogen-bond donors (Lipinski definition) is 1. The molecule has 1 atom stereocenters. The highest BCUT2D eigenvalue weighted by atomic mass is 16.5. The highest BCUT2D eigenvalue weighted by Crippen LogP contribution is 2.22. The van der Waals surface area contributed by atoms with Crippen molar-refractivity contribution < 1.29 is 23.9 Å². The second-order valence-electron chi connectivity index (χ2n) is 7.07. The van der Waals surface area contributed by atoms with Gasteiger partial charge in [0.1, 0.15) is 5.75 Å². The van der Waals surface area contributed by atoms with Crippen molar-refractivity contribution in [3.05, 3.63) is 54.1 Å². The summed E-state index contributed by atoms with van der Waals surface area (Å²) in [5.74, 6) is -0.0608. The molecular formula is C23H26N2O5. The summed E-state index contributed by atoms with van der Waals surface area (Å²) in [7, 11) is 0. The molecule has 158 valence electrons. The maximum Gasteiger partial charge on any atom is 0.311 e. The molecule has 0 aliphatic carbocycles. The van der Waals surface area contributed by atoms with Gasteiger partial charge in [0.05, 0.1) is 13.0 Å². The number of esters is 1. The van der Waals surface area contributed by atoms with Crippen molar-refractivity contribution in [2.75, 3.05) is 23.4 Å². The van der Waals surface area contributed by atoms with Gasteiger partial charge in [0.25, 0.3) is 5.91 Å². The smallest absolute Gasteiger partial charge is 0.311 e. The molecule has 30 heavy (non-hydrogen) atoms. The number of anilines is 2. The molecule has 0 bridgehead atoms. The number of rotatable bonds is 8. The van der Waals surface area contributed by atoms with E-state index in [1.165, 1.54) is 6.92 Å². The van der Waals surface area contributed by atoms with E-state index in [1.54, 1.807) is 41.3 Å². The van der Waals surface area contributed by atoms with Crippen molar-refractivity contribution in [1.29, 1.82) is 0 Å². The standard InChI is InChI=1S/C23H26N2O5/c1-3-29-20-12-8-18(9-13-20)24-23(28)16(2)30-22(27)15-17-6-10-19(11-7-17)25-14-4-5-21(25)26/h6-13,16H,3-5,14-15H2,1-2H3,(H,24,28). The minimum atomic E-state index is -0.925. The Bertz CT molecular complexity index is 893. The molecule has 1 unspecified atom stereocenters. The van der Waals surface area contributed by atoms with Gasteiger partial charge >= 0.3 is 5.97 Å². The van der Waals surface area contributed by atoms with Crippen LogP contribution in [0, 0.1) is 0 Å². The van der Waals surface area contributed by atoms with E-state index in [4.69, 9.17) is 9.47 Å². The highest BCUT2D eigenvalue weighted by molar-refractivity contribution is 5.96. The third kappa shape index (κ3) is 5.59. The predicted molar refractivity (Wildman–Crippen MR) is 114 cm³/mol. The third-order valence-electron chi connectivity index (χ3n) is 4.78. The Balaban J connectivity index is 1.48. The van der Waals surface area contributed by atoms with Crippen LogP contribution in [0.1, 0.15) is 32.3 Å². The molecule has 1 aliphatic rings. The molecule has 0 radical (unpaired) electrons. The molecule has 3 rings (SSSR count). The summed E-state index contributed by atoms with van der Waals surface area (Å²) in [6, 6.07) is 14.2. The highest BCUT2D eigenvalue weighted by Gasteiger charge is 2.22. The molecular weight excluding hydrogens is 384 g/mol. The Morgan fingerprint density at radius 2 is 1.80 bits per heavy atom. The van der Waals surface area contributed by atoms with Gasteiger partial charge in [-0.05, 0) is 62.2 Å². The number of ether oxygens (including phenoxy) is 2. The van der Waals surface area contributed by atoms with Crippen LogP contribution in [0.3, 0.4) is 0 Å². The van der Waals surface area contributed by atoms with Crippen LogP contribution in [0.25, 0.3) is 0 Å².